The fourth-order valence-electron chi connectivity index (χ4n) is 1.36. The summed E-state index contributed by atoms with van der Waals surface area (Å²) in [6, 6.07) is 5.46. The molecule has 7 heteroatoms. The fourth-order valence-corrected chi connectivity index (χ4v) is 2.74. The molecule has 0 aromatic heterocycles. The molecule has 0 amide bonds. The molecule has 0 radical (unpaired) electrons. The highest BCUT2D eigenvalue weighted by molar-refractivity contribution is 9.10. The topological polar surface area (TPSA) is 75.4 Å². The van der Waals surface area contributed by atoms with Crippen molar-refractivity contribution in [2.24, 2.45) is 5.73 Å². The highest BCUT2D eigenvalue weighted by atomic mass is 79.9. The molecule has 0 aliphatic heterocycles. The van der Waals surface area contributed by atoms with Crippen LogP contribution in [0.25, 0.3) is 0 Å². The van der Waals surface area contributed by atoms with Crippen molar-refractivity contribution < 1.29 is 8.42 Å². The number of nitrogens with one attached hydrogen (secondary N) is 1. The van der Waals surface area contributed by atoms with Gasteiger partial charge < -0.3 is 5.73 Å². The van der Waals surface area contributed by atoms with Gasteiger partial charge in [-0.1, -0.05) is 22.0 Å². The molecular formula is C11H18BrN3O2S. The summed E-state index contributed by atoms with van der Waals surface area (Å²) in [5.74, 6) is 0. The lowest BCUT2D eigenvalue weighted by Crippen LogP contribution is -2.34. The molecule has 0 bridgehead atoms. The molecule has 0 fully saturated rings. The maximum atomic E-state index is 12.0. The van der Waals surface area contributed by atoms with Crippen LogP contribution in [0.1, 0.15) is 12.0 Å². The van der Waals surface area contributed by atoms with Gasteiger partial charge in [0.1, 0.15) is 0 Å². The molecule has 1 rings (SSSR count). The number of nitrogens with two attached hydrogens (primary N) is 1. The van der Waals surface area contributed by atoms with Crippen LogP contribution in [0.4, 0.5) is 5.69 Å². The van der Waals surface area contributed by atoms with Crippen molar-refractivity contribution in [2.45, 2.75) is 13.3 Å². The first-order valence-corrected chi connectivity index (χ1v) is 7.80. The summed E-state index contributed by atoms with van der Waals surface area (Å²) in [5.41, 5.74) is 6.81. The number of benzene rings is 1. The van der Waals surface area contributed by atoms with E-state index >= 15 is 0 Å². The second-order valence-corrected chi connectivity index (χ2v) is 6.72. The van der Waals surface area contributed by atoms with Crippen LogP contribution in [0.2, 0.25) is 0 Å². The van der Waals surface area contributed by atoms with E-state index in [0.29, 0.717) is 25.2 Å². The maximum Gasteiger partial charge on any atom is 0.301 e. The highest BCUT2D eigenvalue weighted by Gasteiger charge is 2.17. The number of rotatable bonds is 6. The molecule has 3 N–H and O–H groups in total. The average Bonchev–Trinajstić information content (AvgIpc) is 2.30. The van der Waals surface area contributed by atoms with Gasteiger partial charge >= 0.3 is 10.2 Å². The quantitative estimate of drug-likeness (QED) is 0.830. The van der Waals surface area contributed by atoms with Crippen molar-refractivity contribution in [1.82, 2.24) is 4.31 Å². The Kier molecular flexibility index (Phi) is 5.58. The third kappa shape index (κ3) is 4.24. The van der Waals surface area contributed by atoms with E-state index < -0.39 is 10.2 Å². The third-order valence-electron chi connectivity index (χ3n) is 2.53. The lowest BCUT2D eigenvalue weighted by Gasteiger charge is -2.19. The van der Waals surface area contributed by atoms with Gasteiger partial charge in [0.15, 0.2) is 0 Å². The molecule has 5 nitrogen and oxygen atoms in total. The van der Waals surface area contributed by atoms with Gasteiger partial charge in [-0.15, -0.1) is 0 Å². The van der Waals surface area contributed by atoms with Crippen LogP contribution in [0.5, 0.6) is 0 Å². The van der Waals surface area contributed by atoms with E-state index in [2.05, 4.69) is 20.7 Å². The van der Waals surface area contributed by atoms with E-state index in [1.54, 1.807) is 6.07 Å². The minimum Gasteiger partial charge on any atom is -0.330 e. The summed E-state index contributed by atoms with van der Waals surface area (Å²) in [7, 11) is -1.98. The molecule has 0 unspecified atom stereocenters. The van der Waals surface area contributed by atoms with Gasteiger partial charge in [-0.3, -0.25) is 4.72 Å². The van der Waals surface area contributed by atoms with E-state index in [-0.39, 0.29) is 0 Å². The first-order valence-electron chi connectivity index (χ1n) is 5.57. The van der Waals surface area contributed by atoms with Crippen molar-refractivity contribution in [2.75, 3.05) is 24.9 Å². The molecule has 0 saturated carbocycles. The normalized spacial score (nSPS) is 11.8. The maximum absolute atomic E-state index is 12.0. The Morgan fingerprint density at radius 3 is 2.72 bits per heavy atom. The van der Waals surface area contributed by atoms with Crippen LogP contribution in [0.3, 0.4) is 0 Å². The van der Waals surface area contributed by atoms with Gasteiger partial charge in [0.05, 0.1) is 5.69 Å². The fraction of sp³-hybridized carbons (Fsp3) is 0.455. The number of hydrogen-bond donors (Lipinski definition) is 2. The van der Waals surface area contributed by atoms with Gasteiger partial charge in [-0.25, -0.2) is 0 Å². The second-order valence-electron chi connectivity index (χ2n) is 4.03. The molecule has 102 valence electrons. The Morgan fingerprint density at radius 2 is 2.11 bits per heavy atom. The smallest absolute Gasteiger partial charge is 0.301 e. The largest absolute Gasteiger partial charge is 0.330 e. The summed E-state index contributed by atoms with van der Waals surface area (Å²) < 4.78 is 28.7. The monoisotopic (exact) mass is 335 g/mol. The number of anilines is 1. The van der Waals surface area contributed by atoms with Crippen LogP contribution >= 0.6 is 15.9 Å². The van der Waals surface area contributed by atoms with Crippen molar-refractivity contribution in [3.8, 4) is 0 Å². The van der Waals surface area contributed by atoms with Crippen molar-refractivity contribution in [1.29, 1.82) is 0 Å². The summed E-state index contributed by atoms with van der Waals surface area (Å²) in [4.78, 5) is 0. The van der Waals surface area contributed by atoms with Gasteiger partial charge in [0.25, 0.3) is 0 Å². The lowest BCUT2D eigenvalue weighted by molar-refractivity contribution is 0.468. The second kappa shape index (κ2) is 6.51. The van der Waals surface area contributed by atoms with Gasteiger partial charge in [-0.05, 0) is 37.6 Å². The molecule has 18 heavy (non-hydrogen) atoms. The number of aryl methyl sites for hydroxylation is 1. The number of hydrogen-bond acceptors (Lipinski definition) is 3. The Hall–Kier alpha value is -0.630. The predicted molar refractivity (Wildman–Crippen MR) is 77.7 cm³/mol. The summed E-state index contributed by atoms with van der Waals surface area (Å²) in [6.45, 7) is 2.72. The molecule has 0 spiro atoms. The van der Waals surface area contributed by atoms with Crippen LogP contribution < -0.4 is 10.5 Å². The van der Waals surface area contributed by atoms with Gasteiger partial charge in [0.2, 0.25) is 0 Å². The summed E-state index contributed by atoms with van der Waals surface area (Å²) in [6.07, 6.45) is 0.634. The number of halogens is 1. The van der Waals surface area contributed by atoms with E-state index in [1.165, 1.54) is 11.4 Å². The molecule has 1 aromatic carbocycles. The molecule has 0 saturated heterocycles. The summed E-state index contributed by atoms with van der Waals surface area (Å²) >= 11 is 3.32. The zero-order valence-electron chi connectivity index (χ0n) is 10.5. The molecule has 0 atom stereocenters. The van der Waals surface area contributed by atoms with Crippen LogP contribution in [-0.4, -0.2) is 32.9 Å². The van der Waals surface area contributed by atoms with Gasteiger partial charge in [-0.2, -0.15) is 12.7 Å². The Morgan fingerprint density at radius 1 is 1.44 bits per heavy atom. The summed E-state index contributed by atoms with van der Waals surface area (Å²) in [5, 5.41) is 0. The molecule has 1 aromatic rings. The minimum absolute atomic E-state index is 0.402. The van der Waals surface area contributed by atoms with E-state index in [1.807, 2.05) is 19.1 Å². The highest BCUT2D eigenvalue weighted by Crippen LogP contribution is 2.22. The minimum atomic E-state index is -3.52. The Labute approximate surface area is 117 Å². The standard InChI is InChI=1S/C11H18BrN3O2S/c1-9-4-5-10(12)8-11(9)14-18(16,17)15(2)7-3-6-13/h4-5,8,14H,3,6-7,13H2,1-2H3. The molecule has 0 aliphatic carbocycles. The van der Waals surface area contributed by atoms with Gasteiger partial charge in [0, 0.05) is 18.1 Å². The first-order chi connectivity index (χ1) is 8.36. The first kappa shape index (κ1) is 15.4. The van der Waals surface area contributed by atoms with Crippen LogP contribution in [0, 0.1) is 6.92 Å². The third-order valence-corrected chi connectivity index (χ3v) is 4.50. The van der Waals surface area contributed by atoms with E-state index in [4.69, 9.17) is 5.73 Å². The zero-order chi connectivity index (χ0) is 13.8. The SMILES string of the molecule is Cc1ccc(Br)cc1NS(=O)(=O)N(C)CCCN. The molecule has 0 aliphatic rings. The van der Waals surface area contributed by atoms with E-state index in [0.717, 1.165) is 10.0 Å². The average molecular weight is 336 g/mol. The van der Waals surface area contributed by atoms with Crippen LogP contribution in [-0.2, 0) is 10.2 Å². The zero-order valence-corrected chi connectivity index (χ0v) is 12.9. The Bertz CT molecular complexity index is 505. The van der Waals surface area contributed by atoms with E-state index in [9.17, 15) is 8.42 Å². The van der Waals surface area contributed by atoms with Crippen LogP contribution in [0.15, 0.2) is 22.7 Å². The van der Waals surface area contributed by atoms with Crippen molar-refractivity contribution in [3.05, 3.63) is 28.2 Å². The Balaban J connectivity index is 2.85. The molecule has 0 heterocycles. The molecular weight excluding hydrogens is 318 g/mol. The predicted octanol–water partition coefficient (Wildman–Crippen LogP) is 1.69. The van der Waals surface area contributed by atoms with Crippen molar-refractivity contribution >= 4 is 31.8 Å². The number of nitrogens with zero attached hydrogens (tertiary/aromatic N) is 1. The van der Waals surface area contributed by atoms with Crippen molar-refractivity contribution in [3.63, 3.8) is 0 Å². The lowest BCUT2D eigenvalue weighted by atomic mass is 10.2.